The quantitative estimate of drug-likeness (QED) is 0.842. The Morgan fingerprint density at radius 3 is 2.48 bits per heavy atom. The molecule has 2 heterocycles. The van der Waals surface area contributed by atoms with Gasteiger partial charge in [-0.3, -0.25) is 4.31 Å². The highest BCUT2D eigenvalue weighted by molar-refractivity contribution is 7.92. The van der Waals surface area contributed by atoms with Crippen LogP contribution in [-0.4, -0.2) is 41.3 Å². The smallest absolute Gasteiger partial charge is 0.239 e. The van der Waals surface area contributed by atoms with Gasteiger partial charge in [-0.05, 0) is 29.7 Å². The van der Waals surface area contributed by atoms with Gasteiger partial charge < -0.3 is 9.64 Å². The van der Waals surface area contributed by atoms with Crippen LogP contribution in [0.4, 0.5) is 11.4 Å². The summed E-state index contributed by atoms with van der Waals surface area (Å²) in [6.07, 6.45) is 0.771. The van der Waals surface area contributed by atoms with Gasteiger partial charge in [0, 0.05) is 25.3 Å². The number of nitrogens with zero attached hydrogens (tertiary/aromatic N) is 2. The number of benzene rings is 2. The molecular weight excluding hydrogens is 336 g/mol. The minimum absolute atomic E-state index is 0.0368. The molecule has 0 amide bonds. The van der Waals surface area contributed by atoms with Gasteiger partial charge in [-0.2, -0.15) is 0 Å². The summed E-state index contributed by atoms with van der Waals surface area (Å²) >= 11 is 0. The fraction of sp³-hybridized carbons (Fsp3) is 0.368. The summed E-state index contributed by atoms with van der Waals surface area (Å²) in [5.74, 6) is 0.0368. The van der Waals surface area contributed by atoms with Crippen molar-refractivity contribution in [3.63, 3.8) is 0 Å². The molecule has 6 heteroatoms. The Balaban J connectivity index is 1.61. The van der Waals surface area contributed by atoms with Crippen LogP contribution in [0.25, 0.3) is 0 Å². The van der Waals surface area contributed by atoms with Gasteiger partial charge in [0.15, 0.2) is 0 Å². The van der Waals surface area contributed by atoms with Crippen LogP contribution in [0.15, 0.2) is 48.5 Å². The molecule has 2 aliphatic rings. The van der Waals surface area contributed by atoms with Gasteiger partial charge in [0.05, 0.1) is 24.7 Å². The van der Waals surface area contributed by atoms with Crippen molar-refractivity contribution in [3.8, 4) is 0 Å². The van der Waals surface area contributed by atoms with Gasteiger partial charge in [-0.1, -0.05) is 36.4 Å². The van der Waals surface area contributed by atoms with Crippen LogP contribution in [0.3, 0.4) is 0 Å². The Hall–Kier alpha value is -2.05. The molecule has 0 bridgehead atoms. The Morgan fingerprint density at radius 2 is 1.72 bits per heavy atom. The standard InChI is InChI=1S/C19H22N2O3S/c22-25(23,15-16-4-2-1-3-5-16)21-9-8-17-6-7-18(14-19(17)21)20-10-12-24-13-11-20/h1-7,14H,8-13,15H2. The van der Waals surface area contributed by atoms with Crippen molar-refractivity contribution in [3.05, 3.63) is 59.7 Å². The lowest BCUT2D eigenvalue weighted by Crippen LogP contribution is -2.36. The van der Waals surface area contributed by atoms with Crippen molar-refractivity contribution >= 4 is 21.4 Å². The second-order valence-corrected chi connectivity index (χ2v) is 8.37. The number of hydrogen-bond donors (Lipinski definition) is 0. The summed E-state index contributed by atoms with van der Waals surface area (Å²) < 4.78 is 32.9. The van der Waals surface area contributed by atoms with E-state index in [9.17, 15) is 8.42 Å². The zero-order valence-corrected chi connectivity index (χ0v) is 14.9. The van der Waals surface area contributed by atoms with Crippen LogP contribution in [0.5, 0.6) is 0 Å². The third-order valence-corrected chi connectivity index (χ3v) is 6.57. The van der Waals surface area contributed by atoms with Crippen LogP contribution in [0, 0.1) is 0 Å². The predicted molar refractivity (Wildman–Crippen MR) is 99.6 cm³/mol. The first-order chi connectivity index (χ1) is 12.1. The molecule has 2 aromatic rings. The van der Waals surface area contributed by atoms with Gasteiger partial charge in [-0.25, -0.2) is 8.42 Å². The van der Waals surface area contributed by atoms with Gasteiger partial charge >= 0.3 is 0 Å². The van der Waals surface area contributed by atoms with Crippen molar-refractivity contribution in [1.82, 2.24) is 0 Å². The van der Waals surface area contributed by atoms with Crippen LogP contribution >= 0.6 is 0 Å². The molecule has 1 saturated heterocycles. The highest BCUT2D eigenvalue weighted by Crippen LogP contribution is 2.35. The first-order valence-corrected chi connectivity index (χ1v) is 10.2. The van der Waals surface area contributed by atoms with E-state index in [1.165, 1.54) is 0 Å². The summed E-state index contributed by atoms with van der Waals surface area (Å²) in [4.78, 5) is 2.25. The van der Waals surface area contributed by atoms with Gasteiger partial charge in [-0.15, -0.1) is 0 Å². The third-order valence-electron chi connectivity index (χ3n) is 4.83. The number of fused-ring (bicyclic) bond motifs is 1. The average Bonchev–Trinajstić information content (AvgIpc) is 3.07. The summed E-state index contributed by atoms with van der Waals surface area (Å²) in [5.41, 5.74) is 3.83. The monoisotopic (exact) mass is 358 g/mol. The molecule has 0 aromatic heterocycles. The van der Waals surface area contributed by atoms with E-state index >= 15 is 0 Å². The topological polar surface area (TPSA) is 49.9 Å². The van der Waals surface area contributed by atoms with E-state index in [0.29, 0.717) is 19.8 Å². The lowest BCUT2D eigenvalue weighted by atomic mass is 10.1. The highest BCUT2D eigenvalue weighted by Gasteiger charge is 2.30. The molecule has 0 spiro atoms. The minimum Gasteiger partial charge on any atom is -0.378 e. The van der Waals surface area contributed by atoms with Crippen LogP contribution in [0.2, 0.25) is 0 Å². The Bertz CT molecular complexity index is 846. The maximum absolute atomic E-state index is 12.9. The average molecular weight is 358 g/mol. The van der Waals surface area contributed by atoms with E-state index in [2.05, 4.69) is 17.0 Å². The molecule has 2 aliphatic heterocycles. The van der Waals surface area contributed by atoms with Crippen molar-refractivity contribution in [2.75, 3.05) is 42.1 Å². The van der Waals surface area contributed by atoms with E-state index in [1.807, 2.05) is 36.4 Å². The van der Waals surface area contributed by atoms with Crippen molar-refractivity contribution < 1.29 is 13.2 Å². The van der Waals surface area contributed by atoms with Gasteiger partial charge in [0.2, 0.25) is 10.0 Å². The summed E-state index contributed by atoms with van der Waals surface area (Å²) in [6, 6.07) is 15.6. The number of sulfonamides is 1. The Morgan fingerprint density at radius 1 is 0.960 bits per heavy atom. The number of ether oxygens (including phenoxy) is 1. The molecule has 0 unspecified atom stereocenters. The molecule has 1 fully saturated rings. The first-order valence-electron chi connectivity index (χ1n) is 8.63. The molecule has 0 atom stereocenters. The van der Waals surface area contributed by atoms with Crippen LogP contribution < -0.4 is 9.21 Å². The number of anilines is 2. The van der Waals surface area contributed by atoms with E-state index in [4.69, 9.17) is 4.74 Å². The Kier molecular flexibility index (Phi) is 4.39. The predicted octanol–water partition coefficient (Wildman–Crippen LogP) is 2.42. The van der Waals surface area contributed by atoms with Crippen molar-refractivity contribution in [2.24, 2.45) is 0 Å². The maximum atomic E-state index is 12.9. The van der Waals surface area contributed by atoms with Crippen molar-refractivity contribution in [1.29, 1.82) is 0 Å². The molecule has 132 valence electrons. The fourth-order valence-electron chi connectivity index (χ4n) is 3.51. The van der Waals surface area contributed by atoms with Crippen molar-refractivity contribution in [2.45, 2.75) is 12.2 Å². The molecule has 0 N–H and O–H groups in total. The molecule has 0 saturated carbocycles. The number of rotatable bonds is 4. The lowest BCUT2D eigenvalue weighted by Gasteiger charge is -2.30. The molecule has 0 aliphatic carbocycles. The second-order valence-electron chi connectivity index (χ2n) is 6.48. The van der Waals surface area contributed by atoms with Gasteiger partial charge in [0.1, 0.15) is 0 Å². The van der Waals surface area contributed by atoms with E-state index in [-0.39, 0.29) is 5.75 Å². The first kappa shape index (κ1) is 16.4. The summed E-state index contributed by atoms with van der Waals surface area (Å²) in [7, 11) is -3.38. The summed E-state index contributed by atoms with van der Waals surface area (Å²) in [6.45, 7) is 3.64. The number of morpholine rings is 1. The highest BCUT2D eigenvalue weighted by atomic mass is 32.2. The number of hydrogen-bond acceptors (Lipinski definition) is 4. The summed E-state index contributed by atoms with van der Waals surface area (Å²) in [5, 5.41) is 0. The second kappa shape index (κ2) is 6.69. The van der Waals surface area contributed by atoms with Crippen LogP contribution in [-0.2, 0) is 26.9 Å². The molecule has 5 nitrogen and oxygen atoms in total. The zero-order chi connectivity index (χ0) is 17.3. The molecule has 4 rings (SSSR count). The van der Waals surface area contributed by atoms with E-state index in [1.54, 1.807) is 4.31 Å². The third kappa shape index (κ3) is 3.37. The van der Waals surface area contributed by atoms with Gasteiger partial charge in [0.25, 0.3) is 0 Å². The molecular formula is C19H22N2O3S. The van der Waals surface area contributed by atoms with Crippen LogP contribution in [0.1, 0.15) is 11.1 Å². The minimum atomic E-state index is -3.38. The molecule has 25 heavy (non-hydrogen) atoms. The fourth-order valence-corrected chi connectivity index (χ4v) is 5.12. The van der Waals surface area contributed by atoms with E-state index < -0.39 is 10.0 Å². The zero-order valence-electron chi connectivity index (χ0n) is 14.1. The largest absolute Gasteiger partial charge is 0.378 e. The molecule has 2 aromatic carbocycles. The SMILES string of the molecule is O=S(=O)(Cc1ccccc1)N1CCc2ccc(N3CCOCC3)cc21. The molecule has 0 radical (unpaired) electrons. The maximum Gasteiger partial charge on any atom is 0.239 e. The lowest BCUT2D eigenvalue weighted by molar-refractivity contribution is 0.122. The normalized spacial score (nSPS) is 17.6. The Labute approximate surface area is 148 Å². The van der Waals surface area contributed by atoms with E-state index in [0.717, 1.165) is 42.0 Å².